The van der Waals surface area contributed by atoms with Crippen LogP contribution in [0.3, 0.4) is 0 Å². The molecule has 0 aliphatic carbocycles. The zero-order valence-electron chi connectivity index (χ0n) is 11.9. The molecule has 0 bridgehead atoms. The number of anilines is 1. The second-order valence-electron chi connectivity index (χ2n) is 4.71. The number of hydrogen-bond acceptors (Lipinski definition) is 6. The number of aromatic nitrogens is 4. The molecule has 0 spiro atoms. The van der Waals surface area contributed by atoms with Gasteiger partial charge in [0.15, 0.2) is 0 Å². The van der Waals surface area contributed by atoms with Gasteiger partial charge in [0.25, 0.3) is 10.0 Å². The monoisotopic (exact) mass is 360 g/mol. The smallest absolute Gasteiger partial charge is 0.261 e. The molecule has 1 heterocycles. The summed E-state index contributed by atoms with van der Waals surface area (Å²) < 4.78 is 27.4. The minimum Gasteiger partial charge on any atom is -0.280 e. The molecule has 0 aliphatic heterocycles. The summed E-state index contributed by atoms with van der Waals surface area (Å²) in [6.07, 6.45) is 0. The van der Waals surface area contributed by atoms with Crippen molar-refractivity contribution in [1.82, 2.24) is 20.6 Å². The first-order chi connectivity index (χ1) is 11.5. The molecule has 0 aliphatic rings. The van der Waals surface area contributed by atoms with Crippen LogP contribution in [0.1, 0.15) is 5.56 Å². The Bertz CT molecular complexity index is 1030. The molecule has 0 amide bonds. The number of hydrogen-bond donors (Lipinski definition) is 2. The van der Waals surface area contributed by atoms with Gasteiger partial charge in [-0.2, -0.15) is 10.5 Å². The number of benzene rings is 2. The molecule has 0 unspecified atom stereocenters. The van der Waals surface area contributed by atoms with Crippen LogP contribution in [0.4, 0.5) is 5.69 Å². The third kappa shape index (κ3) is 3.34. The first-order valence-corrected chi connectivity index (χ1v) is 8.41. The van der Waals surface area contributed by atoms with Crippen LogP contribution in [-0.2, 0) is 10.0 Å². The van der Waals surface area contributed by atoms with Crippen LogP contribution in [0.25, 0.3) is 11.4 Å². The van der Waals surface area contributed by atoms with Gasteiger partial charge in [0.05, 0.1) is 16.5 Å². The highest BCUT2D eigenvalue weighted by molar-refractivity contribution is 7.92. The van der Waals surface area contributed by atoms with Gasteiger partial charge in [-0.15, -0.1) is 10.2 Å². The third-order valence-corrected chi connectivity index (χ3v) is 4.61. The lowest BCUT2D eigenvalue weighted by Crippen LogP contribution is -2.13. The Morgan fingerprint density at radius 3 is 2.75 bits per heavy atom. The van der Waals surface area contributed by atoms with Crippen LogP contribution in [0, 0.1) is 11.3 Å². The first kappa shape index (κ1) is 15.9. The lowest BCUT2D eigenvalue weighted by atomic mass is 10.2. The first-order valence-electron chi connectivity index (χ1n) is 6.55. The maximum absolute atomic E-state index is 12.5. The highest BCUT2D eigenvalue weighted by Gasteiger charge is 2.16. The summed E-state index contributed by atoms with van der Waals surface area (Å²) >= 11 is 5.86. The van der Waals surface area contributed by atoms with Gasteiger partial charge in [-0.1, -0.05) is 23.7 Å². The summed E-state index contributed by atoms with van der Waals surface area (Å²) in [5.41, 5.74) is 1.06. The number of nitrogens with zero attached hydrogens (tertiary/aromatic N) is 4. The topological polar surface area (TPSA) is 124 Å². The fraction of sp³-hybridized carbons (Fsp3) is 0. The Labute approximate surface area is 142 Å². The van der Waals surface area contributed by atoms with E-state index in [1.165, 1.54) is 18.2 Å². The van der Waals surface area contributed by atoms with E-state index >= 15 is 0 Å². The summed E-state index contributed by atoms with van der Waals surface area (Å²) in [7, 11) is -3.90. The normalized spacial score (nSPS) is 11.0. The number of nitriles is 1. The third-order valence-electron chi connectivity index (χ3n) is 3.03. The average molecular weight is 361 g/mol. The molecule has 0 atom stereocenters. The van der Waals surface area contributed by atoms with Crippen molar-refractivity contribution in [3.8, 4) is 17.5 Å². The van der Waals surface area contributed by atoms with Crippen molar-refractivity contribution in [2.24, 2.45) is 0 Å². The van der Waals surface area contributed by atoms with E-state index in [-0.39, 0.29) is 15.5 Å². The predicted octanol–water partition coefficient (Wildman–Crippen LogP) is 2.19. The van der Waals surface area contributed by atoms with Gasteiger partial charge in [0, 0.05) is 16.3 Å². The Morgan fingerprint density at radius 2 is 2.04 bits per heavy atom. The van der Waals surface area contributed by atoms with Gasteiger partial charge >= 0.3 is 0 Å². The van der Waals surface area contributed by atoms with E-state index in [1.54, 1.807) is 24.3 Å². The van der Waals surface area contributed by atoms with E-state index in [2.05, 4.69) is 25.3 Å². The van der Waals surface area contributed by atoms with E-state index in [0.717, 1.165) is 0 Å². The van der Waals surface area contributed by atoms with Crippen LogP contribution < -0.4 is 4.72 Å². The summed E-state index contributed by atoms with van der Waals surface area (Å²) in [6, 6.07) is 12.3. The number of halogens is 1. The number of aromatic amines is 1. The van der Waals surface area contributed by atoms with Crippen molar-refractivity contribution < 1.29 is 8.42 Å². The molecule has 24 heavy (non-hydrogen) atoms. The molecule has 1 aromatic heterocycles. The SMILES string of the molecule is N#Cc1cc(Cl)cc(S(=O)(=O)Nc2cccc(-c3nn[nH]n3)c2)c1. The number of nitrogens with one attached hydrogen (secondary N) is 2. The summed E-state index contributed by atoms with van der Waals surface area (Å²) in [5, 5.41) is 22.6. The number of tetrazole rings is 1. The van der Waals surface area contributed by atoms with Crippen molar-refractivity contribution in [3.63, 3.8) is 0 Å². The van der Waals surface area contributed by atoms with Gasteiger partial charge in [0.1, 0.15) is 0 Å². The molecule has 3 aromatic rings. The largest absolute Gasteiger partial charge is 0.280 e. The fourth-order valence-corrected chi connectivity index (χ4v) is 3.42. The maximum atomic E-state index is 12.5. The lowest BCUT2D eigenvalue weighted by molar-refractivity contribution is 0.601. The molecule has 2 aromatic carbocycles. The Balaban J connectivity index is 1.94. The molecule has 120 valence electrons. The van der Waals surface area contributed by atoms with Crippen LogP contribution in [0.15, 0.2) is 47.4 Å². The maximum Gasteiger partial charge on any atom is 0.261 e. The van der Waals surface area contributed by atoms with Crippen molar-refractivity contribution in [3.05, 3.63) is 53.1 Å². The van der Waals surface area contributed by atoms with E-state index in [4.69, 9.17) is 16.9 Å². The highest BCUT2D eigenvalue weighted by atomic mass is 35.5. The predicted molar refractivity (Wildman–Crippen MR) is 86.6 cm³/mol. The van der Waals surface area contributed by atoms with Crippen LogP contribution in [-0.4, -0.2) is 29.0 Å². The molecule has 0 saturated heterocycles. The van der Waals surface area contributed by atoms with Gasteiger partial charge in [0.2, 0.25) is 5.82 Å². The van der Waals surface area contributed by atoms with Crippen LogP contribution >= 0.6 is 11.6 Å². The minimum absolute atomic E-state index is 0.100. The summed E-state index contributed by atoms with van der Waals surface area (Å²) in [4.78, 5) is -0.100. The summed E-state index contributed by atoms with van der Waals surface area (Å²) in [5.74, 6) is 0.338. The van der Waals surface area contributed by atoms with Gasteiger partial charge in [-0.3, -0.25) is 4.72 Å². The van der Waals surface area contributed by atoms with Gasteiger partial charge in [-0.25, -0.2) is 8.42 Å². The quantitative estimate of drug-likeness (QED) is 0.734. The second-order valence-corrected chi connectivity index (χ2v) is 6.83. The van der Waals surface area contributed by atoms with E-state index < -0.39 is 10.0 Å². The molecule has 2 N–H and O–H groups in total. The summed E-state index contributed by atoms with van der Waals surface area (Å²) in [6.45, 7) is 0. The van der Waals surface area contributed by atoms with E-state index in [0.29, 0.717) is 17.1 Å². The number of H-pyrrole nitrogens is 1. The molecular formula is C14H9ClN6O2S. The minimum atomic E-state index is -3.90. The Kier molecular flexibility index (Phi) is 4.16. The molecular weight excluding hydrogens is 352 g/mol. The van der Waals surface area contributed by atoms with Crippen molar-refractivity contribution >= 4 is 27.3 Å². The van der Waals surface area contributed by atoms with Gasteiger partial charge in [-0.05, 0) is 35.5 Å². The molecule has 10 heteroatoms. The molecule has 3 rings (SSSR count). The number of rotatable bonds is 4. The standard InChI is InChI=1S/C14H9ClN6O2S/c15-11-4-9(8-16)5-13(7-11)24(22,23)19-12-3-1-2-10(6-12)14-17-20-21-18-14/h1-7,19H,(H,17,18,20,21). The van der Waals surface area contributed by atoms with Crippen LogP contribution in [0.2, 0.25) is 5.02 Å². The Hall–Kier alpha value is -2.96. The number of sulfonamides is 1. The second kappa shape index (κ2) is 6.27. The molecule has 0 saturated carbocycles. The van der Waals surface area contributed by atoms with Crippen LogP contribution in [0.5, 0.6) is 0 Å². The highest BCUT2D eigenvalue weighted by Crippen LogP contribution is 2.23. The zero-order chi connectivity index (χ0) is 17.2. The van der Waals surface area contributed by atoms with Gasteiger partial charge < -0.3 is 0 Å². The van der Waals surface area contributed by atoms with Crippen molar-refractivity contribution in [2.75, 3.05) is 4.72 Å². The lowest BCUT2D eigenvalue weighted by Gasteiger charge is -2.09. The molecule has 0 fully saturated rings. The van der Waals surface area contributed by atoms with Crippen molar-refractivity contribution in [2.45, 2.75) is 4.90 Å². The van der Waals surface area contributed by atoms with E-state index in [9.17, 15) is 8.42 Å². The molecule has 0 radical (unpaired) electrons. The molecule has 8 nitrogen and oxygen atoms in total. The average Bonchev–Trinajstić information content (AvgIpc) is 3.08. The van der Waals surface area contributed by atoms with Crippen molar-refractivity contribution in [1.29, 1.82) is 5.26 Å². The fourth-order valence-electron chi connectivity index (χ4n) is 2.00. The Morgan fingerprint density at radius 1 is 1.21 bits per heavy atom. The van der Waals surface area contributed by atoms with E-state index in [1.807, 2.05) is 6.07 Å². The zero-order valence-corrected chi connectivity index (χ0v) is 13.5.